The van der Waals surface area contributed by atoms with Crippen LogP contribution in [-0.4, -0.2) is 66.7 Å². The number of aromatic hydroxyl groups is 1. The van der Waals surface area contributed by atoms with Crippen LogP contribution in [-0.2, 0) is 14.0 Å². The average molecular weight is 686 g/mol. The molecule has 3 aromatic rings. The molecular weight excluding hydrogens is 638 g/mol. The summed E-state index contributed by atoms with van der Waals surface area (Å²) >= 11 is 0. The second-order valence-corrected chi connectivity index (χ2v) is 18.6. The van der Waals surface area contributed by atoms with E-state index in [2.05, 4.69) is 45.0 Å². The van der Waals surface area contributed by atoms with Crippen molar-refractivity contribution in [3.05, 3.63) is 107 Å². The SMILES string of the molecule is CC/C(=C\c1ccc(O)c(F)c1)CC[C@@H](O)C1=C(CO[Si](c2ccccc2)(c2ccccc2)C(C)(C)C)C[C@H]2C(=O)N(C)C(=O)[C@H]2[C@H]1CO. The number of phenols is 1. The van der Waals surface area contributed by atoms with E-state index in [-0.39, 0.29) is 29.9 Å². The number of halogens is 1. The average Bonchev–Trinajstić information content (AvgIpc) is 3.31. The van der Waals surface area contributed by atoms with Gasteiger partial charge in [0.2, 0.25) is 11.8 Å². The summed E-state index contributed by atoms with van der Waals surface area (Å²) in [5.41, 5.74) is 2.90. The standard InChI is InChI=1S/C40H48FNO6Si/c1-6-26(21-27-18-19-34(44)33(41)22-27)17-20-35(45)36-28(23-31-37(32(36)24-43)39(47)42(5)38(31)46)25-48-49(40(2,3)4,29-13-9-7-10-14-29)30-15-11-8-12-16-30/h7-16,18-19,21-22,31-32,35,37,43-45H,6,17,20,23-25H2,1-5H3/b26-21+/t31-,32+,35-,37-/m1/s1. The number of likely N-dealkylation sites (tertiary alicyclic amines) is 1. The lowest BCUT2D eigenvalue weighted by Crippen LogP contribution is -2.66. The van der Waals surface area contributed by atoms with Gasteiger partial charge in [-0.15, -0.1) is 0 Å². The van der Waals surface area contributed by atoms with E-state index in [0.717, 1.165) is 26.4 Å². The van der Waals surface area contributed by atoms with Crippen molar-refractivity contribution in [2.45, 2.75) is 64.5 Å². The van der Waals surface area contributed by atoms with Gasteiger partial charge in [-0.1, -0.05) is 106 Å². The minimum absolute atomic E-state index is 0.133. The predicted octanol–water partition coefficient (Wildman–Crippen LogP) is 5.58. The molecule has 3 N–H and O–H groups in total. The molecule has 1 heterocycles. The first-order chi connectivity index (χ1) is 23.3. The van der Waals surface area contributed by atoms with Crippen LogP contribution in [0.1, 0.15) is 58.9 Å². The number of nitrogens with zero attached hydrogens (tertiary/aromatic N) is 1. The van der Waals surface area contributed by atoms with Gasteiger partial charge in [0.15, 0.2) is 11.6 Å². The quantitative estimate of drug-likeness (QED) is 0.131. The van der Waals surface area contributed by atoms with Crippen molar-refractivity contribution in [1.29, 1.82) is 0 Å². The van der Waals surface area contributed by atoms with Gasteiger partial charge in [-0.25, -0.2) is 4.39 Å². The molecule has 5 rings (SSSR count). The van der Waals surface area contributed by atoms with Crippen molar-refractivity contribution in [2.75, 3.05) is 20.3 Å². The summed E-state index contributed by atoms with van der Waals surface area (Å²) in [5.74, 6) is -3.88. The van der Waals surface area contributed by atoms with Gasteiger partial charge in [0.25, 0.3) is 8.32 Å². The molecule has 4 atom stereocenters. The van der Waals surface area contributed by atoms with Crippen LogP contribution in [0.5, 0.6) is 5.75 Å². The summed E-state index contributed by atoms with van der Waals surface area (Å²) in [6.07, 6.45) is 2.52. The number of phenolic OH excluding ortho intramolecular Hbond substituents is 1. The van der Waals surface area contributed by atoms with Crippen molar-refractivity contribution >= 4 is 36.6 Å². The minimum Gasteiger partial charge on any atom is -0.505 e. The Bertz CT molecular complexity index is 1680. The highest BCUT2D eigenvalue weighted by Crippen LogP contribution is 2.47. The van der Waals surface area contributed by atoms with Crippen LogP contribution in [0.3, 0.4) is 0 Å². The maximum absolute atomic E-state index is 14.0. The molecule has 1 saturated heterocycles. The summed E-state index contributed by atoms with van der Waals surface area (Å²) in [4.78, 5) is 27.9. The second kappa shape index (κ2) is 14.9. The zero-order valence-corrected chi connectivity index (χ0v) is 30.0. The lowest BCUT2D eigenvalue weighted by atomic mass is 9.68. The highest BCUT2D eigenvalue weighted by molar-refractivity contribution is 6.99. The second-order valence-electron chi connectivity index (χ2n) is 14.3. The number of amides is 2. The van der Waals surface area contributed by atoms with Gasteiger partial charge in [0.05, 0.1) is 31.2 Å². The fraction of sp³-hybridized carbons (Fsp3) is 0.400. The molecule has 3 aromatic carbocycles. The molecule has 0 saturated carbocycles. The van der Waals surface area contributed by atoms with Gasteiger partial charge in [0.1, 0.15) is 0 Å². The van der Waals surface area contributed by atoms with Gasteiger partial charge in [-0.3, -0.25) is 14.5 Å². The van der Waals surface area contributed by atoms with Crippen LogP contribution < -0.4 is 10.4 Å². The first kappa shape index (κ1) is 36.4. The Balaban J connectivity index is 1.56. The topological polar surface area (TPSA) is 107 Å². The van der Waals surface area contributed by atoms with Crippen LogP contribution >= 0.6 is 0 Å². The molecule has 1 aliphatic carbocycles. The summed E-state index contributed by atoms with van der Waals surface area (Å²) in [7, 11) is -1.52. The molecule has 260 valence electrons. The van der Waals surface area contributed by atoms with Gasteiger partial charge in [-0.05, 0) is 69.9 Å². The Hall–Kier alpha value is -3.89. The molecule has 9 heteroatoms. The maximum Gasteiger partial charge on any atom is 0.261 e. The van der Waals surface area contributed by atoms with E-state index in [9.17, 15) is 29.3 Å². The minimum atomic E-state index is -3.00. The highest BCUT2D eigenvalue weighted by atomic mass is 28.4. The van der Waals surface area contributed by atoms with Crippen LogP contribution in [0.2, 0.25) is 5.04 Å². The fourth-order valence-electron chi connectivity index (χ4n) is 7.88. The highest BCUT2D eigenvalue weighted by Gasteiger charge is 2.55. The van der Waals surface area contributed by atoms with E-state index < -0.39 is 50.3 Å². The van der Waals surface area contributed by atoms with Gasteiger partial charge < -0.3 is 19.7 Å². The molecule has 0 unspecified atom stereocenters. The molecular formula is C40H48FNO6Si. The number of rotatable bonds is 12. The molecule has 0 bridgehead atoms. The molecule has 0 aromatic heterocycles. The van der Waals surface area contributed by atoms with Crippen molar-refractivity contribution < 1.29 is 33.7 Å². The third-order valence-electron chi connectivity index (χ3n) is 10.4. The summed E-state index contributed by atoms with van der Waals surface area (Å²) in [5, 5.41) is 34.3. The molecule has 0 radical (unpaired) electrons. The lowest BCUT2D eigenvalue weighted by Gasteiger charge is -2.44. The number of benzene rings is 3. The number of aliphatic hydroxyl groups excluding tert-OH is 2. The number of fused-ring (bicyclic) bond motifs is 1. The number of aliphatic hydroxyl groups is 2. The third kappa shape index (κ3) is 7.08. The van der Waals surface area contributed by atoms with Crippen molar-refractivity contribution in [3.63, 3.8) is 0 Å². The molecule has 1 aliphatic heterocycles. The summed E-state index contributed by atoms with van der Waals surface area (Å²) < 4.78 is 21.3. The predicted molar refractivity (Wildman–Crippen MR) is 192 cm³/mol. The maximum atomic E-state index is 14.0. The van der Waals surface area contributed by atoms with Crippen molar-refractivity contribution in [2.24, 2.45) is 17.8 Å². The Morgan fingerprint density at radius 2 is 1.63 bits per heavy atom. The van der Waals surface area contributed by atoms with Gasteiger partial charge in [0, 0.05) is 13.0 Å². The first-order valence-corrected chi connectivity index (χ1v) is 19.0. The van der Waals surface area contributed by atoms with Crippen molar-refractivity contribution in [1.82, 2.24) is 4.90 Å². The van der Waals surface area contributed by atoms with E-state index in [4.69, 9.17) is 4.43 Å². The number of hydrogen-bond acceptors (Lipinski definition) is 6. The fourth-order valence-corrected chi connectivity index (χ4v) is 12.4. The van der Waals surface area contributed by atoms with Crippen LogP contribution in [0.25, 0.3) is 6.08 Å². The lowest BCUT2D eigenvalue weighted by molar-refractivity contribution is -0.138. The Labute approximate surface area is 289 Å². The van der Waals surface area contributed by atoms with E-state index in [1.54, 1.807) is 6.07 Å². The Morgan fingerprint density at radius 1 is 1.02 bits per heavy atom. The normalized spacial score (nSPS) is 20.9. The smallest absolute Gasteiger partial charge is 0.261 e. The number of carbonyl (C=O) groups is 2. The monoisotopic (exact) mass is 685 g/mol. The molecule has 1 fully saturated rings. The van der Waals surface area contributed by atoms with Gasteiger partial charge >= 0.3 is 0 Å². The molecule has 7 nitrogen and oxygen atoms in total. The molecule has 49 heavy (non-hydrogen) atoms. The zero-order chi connectivity index (χ0) is 35.5. The summed E-state index contributed by atoms with van der Waals surface area (Å²) in [6.45, 7) is 8.27. The Morgan fingerprint density at radius 3 is 2.16 bits per heavy atom. The largest absolute Gasteiger partial charge is 0.505 e. The van der Waals surface area contributed by atoms with Crippen molar-refractivity contribution in [3.8, 4) is 5.75 Å². The first-order valence-electron chi connectivity index (χ1n) is 17.1. The van der Waals surface area contributed by atoms with Gasteiger partial charge in [-0.2, -0.15) is 0 Å². The number of carbonyl (C=O) groups excluding carboxylic acids is 2. The number of allylic oxidation sites excluding steroid dienone is 1. The van der Waals surface area contributed by atoms with Crippen LogP contribution in [0, 0.1) is 23.6 Å². The Kier molecular flexibility index (Phi) is 11.1. The third-order valence-corrected chi connectivity index (χ3v) is 15.4. The summed E-state index contributed by atoms with van der Waals surface area (Å²) in [6, 6.07) is 24.7. The van der Waals surface area contributed by atoms with Crippen LogP contribution in [0.15, 0.2) is 95.6 Å². The van der Waals surface area contributed by atoms with E-state index in [0.29, 0.717) is 30.4 Å². The molecule has 2 amide bonds. The van der Waals surface area contributed by atoms with E-state index in [1.807, 2.05) is 49.4 Å². The number of imide groups is 1. The number of hydrogen-bond donors (Lipinski definition) is 3. The van der Waals surface area contributed by atoms with Crippen LogP contribution in [0.4, 0.5) is 4.39 Å². The molecule has 2 aliphatic rings. The zero-order valence-electron chi connectivity index (χ0n) is 29.0. The molecule has 0 spiro atoms. The van der Waals surface area contributed by atoms with E-state index >= 15 is 0 Å². The van der Waals surface area contributed by atoms with E-state index in [1.165, 1.54) is 19.2 Å².